The van der Waals surface area contributed by atoms with Gasteiger partial charge in [-0.05, 0) is 17.9 Å². The van der Waals surface area contributed by atoms with Crippen molar-refractivity contribution in [2.75, 3.05) is 19.6 Å². The zero-order valence-electron chi connectivity index (χ0n) is 14.9. The molecule has 0 spiro atoms. The van der Waals surface area contributed by atoms with E-state index in [1.165, 1.54) is 6.92 Å². The number of carbonyl (C=O) groups is 3. The summed E-state index contributed by atoms with van der Waals surface area (Å²) in [4.78, 5) is 38.8. The van der Waals surface area contributed by atoms with E-state index in [4.69, 9.17) is 5.11 Å². The van der Waals surface area contributed by atoms with Gasteiger partial charge in [0.2, 0.25) is 11.8 Å². The van der Waals surface area contributed by atoms with Crippen molar-refractivity contribution < 1.29 is 19.5 Å². The number of carboxylic acids is 1. The molecule has 1 aliphatic heterocycles. The maximum absolute atomic E-state index is 12.4. The minimum Gasteiger partial charge on any atom is -0.481 e. The standard InChI is InChI=1S/C19H26N2O4/c1-14-12-21(10-8-17(14)19(24)25)18(23)9-11-20(15(2)22)13-16-6-4-3-5-7-16/h3-7,14,17H,8-13H2,1-2H3,(H,24,25). The average Bonchev–Trinajstić information content (AvgIpc) is 2.58. The Hall–Kier alpha value is -2.37. The first-order chi connectivity index (χ1) is 11.9. The molecule has 1 N–H and O–H groups in total. The summed E-state index contributed by atoms with van der Waals surface area (Å²) in [5.41, 5.74) is 1.03. The number of amides is 2. The summed E-state index contributed by atoms with van der Waals surface area (Å²) in [6, 6.07) is 9.68. The lowest BCUT2D eigenvalue weighted by molar-refractivity contribution is -0.148. The van der Waals surface area contributed by atoms with Crippen molar-refractivity contribution in [3.8, 4) is 0 Å². The smallest absolute Gasteiger partial charge is 0.306 e. The zero-order valence-corrected chi connectivity index (χ0v) is 14.9. The number of aliphatic carboxylic acids is 1. The molecule has 1 fully saturated rings. The minimum atomic E-state index is -0.787. The molecule has 1 saturated heterocycles. The van der Waals surface area contributed by atoms with Gasteiger partial charge < -0.3 is 14.9 Å². The van der Waals surface area contributed by atoms with Gasteiger partial charge in [-0.2, -0.15) is 0 Å². The van der Waals surface area contributed by atoms with Gasteiger partial charge in [0.1, 0.15) is 0 Å². The number of benzene rings is 1. The highest BCUT2D eigenvalue weighted by Crippen LogP contribution is 2.24. The Morgan fingerprint density at radius 3 is 2.48 bits per heavy atom. The van der Waals surface area contributed by atoms with E-state index in [0.717, 1.165) is 5.56 Å². The Labute approximate surface area is 148 Å². The Kier molecular flexibility index (Phi) is 6.56. The summed E-state index contributed by atoms with van der Waals surface area (Å²) in [6.45, 7) is 5.17. The van der Waals surface area contributed by atoms with Crippen LogP contribution < -0.4 is 0 Å². The predicted octanol–water partition coefficient (Wildman–Crippen LogP) is 1.99. The van der Waals surface area contributed by atoms with E-state index in [2.05, 4.69) is 0 Å². The van der Waals surface area contributed by atoms with Crippen molar-refractivity contribution in [1.82, 2.24) is 9.80 Å². The fourth-order valence-electron chi connectivity index (χ4n) is 3.28. The highest BCUT2D eigenvalue weighted by molar-refractivity contribution is 5.79. The maximum atomic E-state index is 12.4. The van der Waals surface area contributed by atoms with Gasteiger partial charge in [0.25, 0.3) is 0 Å². The third kappa shape index (κ3) is 5.31. The fraction of sp³-hybridized carbons (Fsp3) is 0.526. The second-order valence-electron chi connectivity index (χ2n) is 6.73. The Bertz CT molecular complexity index is 617. The molecule has 25 heavy (non-hydrogen) atoms. The van der Waals surface area contributed by atoms with E-state index in [1.54, 1.807) is 9.80 Å². The second-order valence-corrected chi connectivity index (χ2v) is 6.73. The van der Waals surface area contributed by atoms with Gasteiger partial charge in [-0.15, -0.1) is 0 Å². The number of nitrogens with zero attached hydrogens (tertiary/aromatic N) is 2. The Morgan fingerprint density at radius 1 is 1.24 bits per heavy atom. The second kappa shape index (κ2) is 8.65. The SMILES string of the molecule is CC(=O)N(CCC(=O)N1CCC(C(=O)O)C(C)C1)Cc1ccccc1. The van der Waals surface area contributed by atoms with Crippen LogP contribution >= 0.6 is 0 Å². The molecule has 1 aliphatic rings. The van der Waals surface area contributed by atoms with Gasteiger partial charge >= 0.3 is 5.97 Å². The normalized spacial score (nSPS) is 20.2. The van der Waals surface area contributed by atoms with E-state index in [-0.39, 0.29) is 30.1 Å². The van der Waals surface area contributed by atoms with Gasteiger partial charge in [0, 0.05) is 39.5 Å². The van der Waals surface area contributed by atoms with Gasteiger partial charge in [0.15, 0.2) is 0 Å². The lowest BCUT2D eigenvalue weighted by atomic mass is 9.87. The summed E-state index contributed by atoms with van der Waals surface area (Å²) >= 11 is 0. The molecule has 0 saturated carbocycles. The number of piperidine rings is 1. The van der Waals surface area contributed by atoms with Gasteiger partial charge in [0.05, 0.1) is 5.92 Å². The van der Waals surface area contributed by atoms with E-state index in [9.17, 15) is 14.4 Å². The highest BCUT2D eigenvalue weighted by Gasteiger charge is 2.32. The van der Waals surface area contributed by atoms with Crippen LogP contribution in [-0.4, -0.2) is 52.3 Å². The number of likely N-dealkylation sites (tertiary alicyclic amines) is 1. The quantitative estimate of drug-likeness (QED) is 0.854. The molecule has 2 amide bonds. The summed E-state index contributed by atoms with van der Waals surface area (Å²) < 4.78 is 0. The lowest BCUT2D eigenvalue weighted by Gasteiger charge is -2.35. The average molecular weight is 346 g/mol. The number of hydrogen-bond acceptors (Lipinski definition) is 3. The van der Waals surface area contributed by atoms with Crippen molar-refractivity contribution in [2.45, 2.75) is 33.2 Å². The van der Waals surface area contributed by atoms with Crippen LogP contribution in [0.3, 0.4) is 0 Å². The van der Waals surface area contributed by atoms with Crippen LogP contribution in [0, 0.1) is 11.8 Å². The summed E-state index contributed by atoms with van der Waals surface area (Å²) in [5.74, 6) is -1.30. The number of rotatable bonds is 6. The monoisotopic (exact) mass is 346 g/mol. The third-order valence-corrected chi connectivity index (χ3v) is 4.83. The molecule has 6 nitrogen and oxygen atoms in total. The van der Waals surface area contributed by atoms with Crippen molar-refractivity contribution in [1.29, 1.82) is 0 Å². The van der Waals surface area contributed by atoms with Crippen molar-refractivity contribution in [2.24, 2.45) is 11.8 Å². The van der Waals surface area contributed by atoms with Crippen LogP contribution in [0.15, 0.2) is 30.3 Å². The molecule has 0 bridgehead atoms. The van der Waals surface area contributed by atoms with E-state index in [1.807, 2.05) is 37.3 Å². The molecule has 0 aromatic heterocycles. The Morgan fingerprint density at radius 2 is 1.92 bits per heavy atom. The largest absolute Gasteiger partial charge is 0.481 e. The van der Waals surface area contributed by atoms with Crippen molar-refractivity contribution >= 4 is 17.8 Å². The molecule has 1 aromatic rings. The minimum absolute atomic E-state index is 0.0185. The van der Waals surface area contributed by atoms with Gasteiger partial charge in [-0.3, -0.25) is 14.4 Å². The topological polar surface area (TPSA) is 77.9 Å². The van der Waals surface area contributed by atoms with Gasteiger partial charge in [-0.25, -0.2) is 0 Å². The first-order valence-electron chi connectivity index (χ1n) is 8.68. The van der Waals surface area contributed by atoms with Crippen LogP contribution in [0.1, 0.15) is 32.3 Å². The van der Waals surface area contributed by atoms with Crippen molar-refractivity contribution in [3.63, 3.8) is 0 Å². The number of carboxylic acid groups (broad SMARTS) is 1. The fourth-order valence-corrected chi connectivity index (χ4v) is 3.28. The molecule has 0 radical (unpaired) electrons. The molecule has 2 rings (SSSR count). The zero-order chi connectivity index (χ0) is 18.4. The highest BCUT2D eigenvalue weighted by atomic mass is 16.4. The van der Waals surface area contributed by atoms with E-state index >= 15 is 0 Å². The number of hydrogen-bond donors (Lipinski definition) is 1. The van der Waals surface area contributed by atoms with E-state index < -0.39 is 5.97 Å². The lowest BCUT2D eigenvalue weighted by Crippen LogP contribution is -2.45. The molecular formula is C19H26N2O4. The predicted molar refractivity (Wildman–Crippen MR) is 93.6 cm³/mol. The third-order valence-electron chi connectivity index (χ3n) is 4.83. The molecule has 0 aliphatic carbocycles. The summed E-state index contributed by atoms with van der Waals surface area (Å²) in [7, 11) is 0. The molecule has 1 aromatic carbocycles. The van der Waals surface area contributed by atoms with Crippen LogP contribution in [0.4, 0.5) is 0 Å². The van der Waals surface area contributed by atoms with E-state index in [0.29, 0.717) is 32.6 Å². The summed E-state index contributed by atoms with van der Waals surface area (Å²) in [5, 5.41) is 9.16. The molecule has 2 atom stereocenters. The van der Waals surface area contributed by atoms with Crippen LogP contribution in [0.2, 0.25) is 0 Å². The van der Waals surface area contributed by atoms with Crippen LogP contribution in [0.5, 0.6) is 0 Å². The van der Waals surface area contributed by atoms with Crippen LogP contribution in [-0.2, 0) is 20.9 Å². The molecule has 1 heterocycles. The van der Waals surface area contributed by atoms with Crippen molar-refractivity contribution in [3.05, 3.63) is 35.9 Å². The summed E-state index contributed by atoms with van der Waals surface area (Å²) in [6.07, 6.45) is 0.750. The molecule has 6 heteroatoms. The number of carbonyl (C=O) groups excluding carboxylic acids is 2. The Balaban J connectivity index is 1.87. The first kappa shape index (κ1) is 19.0. The van der Waals surface area contributed by atoms with Gasteiger partial charge in [-0.1, -0.05) is 37.3 Å². The first-order valence-corrected chi connectivity index (χ1v) is 8.68. The maximum Gasteiger partial charge on any atom is 0.306 e. The molecule has 136 valence electrons. The molecule has 2 unspecified atom stereocenters. The molecular weight excluding hydrogens is 320 g/mol. The van der Waals surface area contributed by atoms with Crippen LogP contribution in [0.25, 0.3) is 0 Å².